The van der Waals surface area contributed by atoms with E-state index in [1.165, 1.54) is 0 Å². The number of carbonyl (C=O) groups is 1. The van der Waals surface area contributed by atoms with Crippen LogP contribution in [0.15, 0.2) is 24.4 Å². The third-order valence-electron chi connectivity index (χ3n) is 2.55. The molecule has 0 saturated carbocycles. The molecule has 0 aliphatic heterocycles. The number of carbonyl (C=O) groups excluding carboxylic acids is 1. The maximum Gasteiger partial charge on any atom is 0.357 e. The number of pyridine rings is 1. The number of hydrogen-bond donors (Lipinski definition) is 0. The molecule has 1 rings (SSSR count). The zero-order valence-corrected chi connectivity index (χ0v) is 12.4. The van der Waals surface area contributed by atoms with Crippen molar-refractivity contribution in [1.82, 2.24) is 4.98 Å². The molecular formula is C15H23NO4. The molecular weight excluding hydrogens is 258 g/mol. The summed E-state index contributed by atoms with van der Waals surface area (Å²) in [5, 5.41) is 0. The number of esters is 1. The Balaban J connectivity index is 2.19. The van der Waals surface area contributed by atoms with E-state index in [1.54, 1.807) is 24.4 Å². The number of aromatic nitrogens is 1. The predicted octanol–water partition coefficient (Wildman–Crippen LogP) is 2.46. The van der Waals surface area contributed by atoms with Crippen LogP contribution in [-0.4, -0.2) is 43.0 Å². The van der Waals surface area contributed by atoms with Crippen LogP contribution in [0, 0.1) is 0 Å². The summed E-state index contributed by atoms with van der Waals surface area (Å²) in [7, 11) is 0. The van der Waals surface area contributed by atoms with Crippen LogP contribution < -0.4 is 0 Å². The van der Waals surface area contributed by atoms with Gasteiger partial charge in [-0.2, -0.15) is 0 Å². The van der Waals surface area contributed by atoms with Crippen molar-refractivity contribution in [2.24, 2.45) is 0 Å². The molecule has 1 aromatic heterocycles. The highest BCUT2D eigenvalue weighted by atomic mass is 16.6. The molecule has 0 radical (unpaired) electrons. The second-order valence-corrected chi connectivity index (χ2v) is 4.64. The van der Waals surface area contributed by atoms with Gasteiger partial charge in [-0.1, -0.05) is 13.0 Å². The highest BCUT2D eigenvalue weighted by Crippen LogP contribution is 2.01. The van der Waals surface area contributed by atoms with Gasteiger partial charge >= 0.3 is 5.97 Å². The molecule has 0 aromatic carbocycles. The van der Waals surface area contributed by atoms with E-state index in [1.807, 2.05) is 13.8 Å². The van der Waals surface area contributed by atoms with Gasteiger partial charge in [-0.05, 0) is 32.4 Å². The SMILES string of the molecule is CCCOC(C)COC(C)COC(=O)c1ccccn1. The lowest BCUT2D eigenvalue weighted by Crippen LogP contribution is -2.25. The molecule has 2 atom stereocenters. The Morgan fingerprint density at radius 3 is 2.60 bits per heavy atom. The van der Waals surface area contributed by atoms with Crippen LogP contribution in [0.25, 0.3) is 0 Å². The summed E-state index contributed by atoms with van der Waals surface area (Å²) in [6.07, 6.45) is 2.42. The Kier molecular flexibility index (Phi) is 7.84. The smallest absolute Gasteiger partial charge is 0.357 e. The molecule has 20 heavy (non-hydrogen) atoms. The fourth-order valence-electron chi connectivity index (χ4n) is 1.47. The zero-order valence-electron chi connectivity index (χ0n) is 12.4. The van der Waals surface area contributed by atoms with Crippen LogP contribution in [0.2, 0.25) is 0 Å². The Morgan fingerprint density at radius 2 is 1.95 bits per heavy atom. The monoisotopic (exact) mass is 281 g/mol. The molecule has 1 heterocycles. The molecule has 0 amide bonds. The van der Waals surface area contributed by atoms with Crippen LogP contribution in [0.4, 0.5) is 0 Å². The lowest BCUT2D eigenvalue weighted by molar-refractivity contribution is -0.0499. The molecule has 0 bridgehead atoms. The van der Waals surface area contributed by atoms with E-state index in [9.17, 15) is 4.79 Å². The van der Waals surface area contributed by atoms with Crippen molar-refractivity contribution in [1.29, 1.82) is 0 Å². The van der Waals surface area contributed by atoms with Gasteiger partial charge in [0.2, 0.25) is 0 Å². The molecule has 112 valence electrons. The highest BCUT2D eigenvalue weighted by Gasteiger charge is 2.12. The second-order valence-electron chi connectivity index (χ2n) is 4.64. The first-order valence-electron chi connectivity index (χ1n) is 6.94. The van der Waals surface area contributed by atoms with Crippen molar-refractivity contribution >= 4 is 5.97 Å². The van der Waals surface area contributed by atoms with E-state index in [-0.39, 0.29) is 18.8 Å². The zero-order chi connectivity index (χ0) is 14.8. The summed E-state index contributed by atoms with van der Waals surface area (Å²) in [6.45, 7) is 7.31. The summed E-state index contributed by atoms with van der Waals surface area (Å²) >= 11 is 0. The van der Waals surface area contributed by atoms with E-state index >= 15 is 0 Å². The lowest BCUT2D eigenvalue weighted by atomic mass is 10.3. The normalized spacial score (nSPS) is 13.8. The van der Waals surface area contributed by atoms with Gasteiger partial charge in [-0.15, -0.1) is 0 Å². The number of nitrogens with zero attached hydrogens (tertiary/aromatic N) is 1. The van der Waals surface area contributed by atoms with Crippen molar-refractivity contribution in [2.45, 2.75) is 39.4 Å². The average Bonchev–Trinajstić information content (AvgIpc) is 2.49. The topological polar surface area (TPSA) is 57.7 Å². The van der Waals surface area contributed by atoms with Crippen LogP contribution >= 0.6 is 0 Å². The third kappa shape index (κ3) is 6.63. The molecule has 5 heteroatoms. The lowest BCUT2D eigenvalue weighted by Gasteiger charge is -2.17. The Hall–Kier alpha value is -1.46. The van der Waals surface area contributed by atoms with Gasteiger partial charge in [-0.3, -0.25) is 0 Å². The maximum atomic E-state index is 11.7. The fourth-order valence-corrected chi connectivity index (χ4v) is 1.47. The minimum absolute atomic E-state index is 0.0453. The van der Waals surface area contributed by atoms with Crippen molar-refractivity contribution < 1.29 is 19.0 Å². The minimum atomic E-state index is -0.434. The van der Waals surface area contributed by atoms with Gasteiger partial charge in [-0.25, -0.2) is 9.78 Å². The van der Waals surface area contributed by atoms with E-state index in [0.29, 0.717) is 12.3 Å². The number of ether oxygens (including phenoxy) is 3. The van der Waals surface area contributed by atoms with Crippen molar-refractivity contribution in [2.75, 3.05) is 19.8 Å². The van der Waals surface area contributed by atoms with Gasteiger partial charge < -0.3 is 14.2 Å². The molecule has 0 N–H and O–H groups in total. The van der Waals surface area contributed by atoms with Gasteiger partial charge in [0, 0.05) is 12.8 Å². The Morgan fingerprint density at radius 1 is 1.20 bits per heavy atom. The molecule has 1 aromatic rings. The Bertz CT molecular complexity index is 383. The highest BCUT2D eigenvalue weighted by molar-refractivity contribution is 5.87. The van der Waals surface area contributed by atoms with Gasteiger partial charge in [0.15, 0.2) is 0 Å². The maximum absolute atomic E-state index is 11.7. The first-order valence-corrected chi connectivity index (χ1v) is 6.94. The van der Waals surface area contributed by atoms with Crippen LogP contribution in [0.1, 0.15) is 37.7 Å². The summed E-state index contributed by atoms with van der Waals surface area (Å²) in [5.41, 5.74) is 0.305. The van der Waals surface area contributed by atoms with Gasteiger partial charge in [0.25, 0.3) is 0 Å². The van der Waals surface area contributed by atoms with Crippen molar-refractivity contribution in [3.63, 3.8) is 0 Å². The summed E-state index contributed by atoms with van der Waals surface area (Å²) < 4.78 is 16.2. The second kappa shape index (κ2) is 9.44. The van der Waals surface area contributed by atoms with E-state index in [4.69, 9.17) is 14.2 Å². The summed E-state index contributed by atoms with van der Waals surface area (Å²) in [6, 6.07) is 5.12. The van der Waals surface area contributed by atoms with Crippen molar-refractivity contribution in [3.05, 3.63) is 30.1 Å². The largest absolute Gasteiger partial charge is 0.458 e. The standard InChI is InChI=1S/C15H23NO4/c1-4-9-18-12(2)10-19-13(3)11-20-15(17)14-7-5-6-8-16-14/h5-8,12-13H,4,9-11H2,1-3H3. The predicted molar refractivity (Wildman–Crippen MR) is 75.6 cm³/mol. The molecule has 0 spiro atoms. The number of hydrogen-bond acceptors (Lipinski definition) is 5. The third-order valence-corrected chi connectivity index (χ3v) is 2.55. The molecule has 0 saturated heterocycles. The molecule has 5 nitrogen and oxygen atoms in total. The van der Waals surface area contributed by atoms with Crippen LogP contribution in [-0.2, 0) is 14.2 Å². The molecule has 0 fully saturated rings. The van der Waals surface area contributed by atoms with E-state index in [0.717, 1.165) is 13.0 Å². The molecule has 2 unspecified atom stereocenters. The van der Waals surface area contributed by atoms with Crippen LogP contribution in [0.5, 0.6) is 0 Å². The van der Waals surface area contributed by atoms with Crippen LogP contribution in [0.3, 0.4) is 0 Å². The van der Waals surface area contributed by atoms with E-state index in [2.05, 4.69) is 11.9 Å². The molecule has 0 aliphatic carbocycles. The average molecular weight is 281 g/mol. The first kappa shape index (κ1) is 16.6. The fraction of sp³-hybridized carbons (Fsp3) is 0.600. The van der Waals surface area contributed by atoms with Gasteiger partial charge in [0.05, 0.1) is 18.8 Å². The summed E-state index contributed by atoms with van der Waals surface area (Å²) in [4.78, 5) is 15.6. The van der Waals surface area contributed by atoms with E-state index < -0.39 is 5.97 Å². The quantitative estimate of drug-likeness (QED) is 0.651. The first-order chi connectivity index (χ1) is 9.63. The minimum Gasteiger partial charge on any atom is -0.458 e. The van der Waals surface area contributed by atoms with Crippen molar-refractivity contribution in [3.8, 4) is 0 Å². The summed E-state index contributed by atoms with van der Waals surface area (Å²) in [5.74, 6) is -0.434. The number of rotatable bonds is 9. The van der Waals surface area contributed by atoms with Gasteiger partial charge in [0.1, 0.15) is 12.3 Å². The molecule has 0 aliphatic rings. The Labute approximate surface area is 120 Å².